The Hall–Kier alpha value is -0.770. The van der Waals surface area contributed by atoms with Crippen LogP contribution in [0.25, 0.3) is 0 Å². The van der Waals surface area contributed by atoms with E-state index < -0.39 is 0 Å². The average Bonchev–Trinajstić information content (AvgIpc) is 2.40. The molecular weight excluding hydrogens is 354 g/mol. The Morgan fingerprint density at radius 3 is 2.47 bits per heavy atom. The number of rotatable bonds is 3. The van der Waals surface area contributed by atoms with Crippen LogP contribution < -0.4 is 4.74 Å². The summed E-state index contributed by atoms with van der Waals surface area (Å²) in [6, 6.07) is 9.68. The van der Waals surface area contributed by atoms with Crippen molar-refractivity contribution in [2.45, 2.75) is 4.83 Å². The van der Waals surface area contributed by atoms with Crippen molar-refractivity contribution in [1.29, 1.82) is 0 Å². The van der Waals surface area contributed by atoms with Crippen molar-refractivity contribution in [3.05, 3.63) is 63.4 Å². The molecule has 0 aromatic heterocycles. The summed E-state index contributed by atoms with van der Waals surface area (Å²) < 4.78 is 18.9. The highest BCUT2D eigenvalue weighted by atomic mass is 79.9. The summed E-state index contributed by atoms with van der Waals surface area (Å²) in [4.78, 5) is -0.371. The van der Waals surface area contributed by atoms with Gasteiger partial charge in [0, 0.05) is 15.6 Å². The Morgan fingerprint density at radius 2 is 1.84 bits per heavy atom. The second-order valence-electron chi connectivity index (χ2n) is 3.92. The zero-order chi connectivity index (χ0) is 14.0. The van der Waals surface area contributed by atoms with E-state index in [1.54, 1.807) is 31.4 Å². The lowest BCUT2D eigenvalue weighted by Gasteiger charge is -2.14. The maximum Gasteiger partial charge on any atom is 0.127 e. The highest BCUT2D eigenvalue weighted by molar-refractivity contribution is 9.09. The lowest BCUT2D eigenvalue weighted by molar-refractivity contribution is 0.414. The van der Waals surface area contributed by atoms with Gasteiger partial charge in [0.25, 0.3) is 0 Å². The molecule has 0 fully saturated rings. The van der Waals surface area contributed by atoms with Gasteiger partial charge in [-0.25, -0.2) is 4.39 Å². The lowest BCUT2D eigenvalue weighted by atomic mass is 10.0. The molecule has 0 aliphatic carbocycles. The molecule has 0 aliphatic heterocycles. The van der Waals surface area contributed by atoms with E-state index in [-0.39, 0.29) is 10.6 Å². The third kappa shape index (κ3) is 3.22. The van der Waals surface area contributed by atoms with E-state index in [1.165, 1.54) is 12.1 Å². The molecule has 1 nitrogen and oxygen atoms in total. The second-order valence-corrected chi connectivity index (χ2v) is 5.68. The van der Waals surface area contributed by atoms with Crippen molar-refractivity contribution < 1.29 is 9.13 Å². The third-order valence-electron chi connectivity index (χ3n) is 2.71. The number of halogens is 4. The fourth-order valence-electron chi connectivity index (χ4n) is 1.72. The van der Waals surface area contributed by atoms with Gasteiger partial charge in [-0.05, 0) is 35.9 Å². The normalized spacial score (nSPS) is 12.3. The summed E-state index contributed by atoms with van der Waals surface area (Å²) in [5.41, 5.74) is 1.20. The van der Waals surface area contributed by atoms with Gasteiger partial charge in [0.15, 0.2) is 0 Å². The van der Waals surface area contributed by atoms with Crippen LogP contribution in [0.4, 0.5) is 4.39 Å². The quantitative estimate of drug-likeness (QED) is 0.642. The molecular formula is C14H10BrCl2FO. The van der Waals surface area contributed by atoms with E-state index >= 15 is 0 Å². The number of hydrogen-bond donors (Lipinski definition) is 0. The van der Waals surface area contributed by atoms with Crippen molar-refractivity contribution in [1.82, 2.24) is 0 Å². The first kappa shape index (κ1) is 14.6. The van der Waals surface area contributed by atoms with Gasteiger partial charge < -0.3 is 4.74 Å². The molecule has 0 spiro atoms. The molecule has 2 rings (SSSR count). The van der Waals surface area contributed by atoms with Gasteiger partial charge in [0.05, 0.1) is 11.9 Å². The molecule has 2 aromatic rings. The van der Waals surface area contributed by atoms with Crippen molar-refractivity contribution in [2.75, 3.05) is 7.11 Å². The van der Waals surface area contributed by atoms with Crippen LogP contribution in [0, 0.1) is 5.82 Å². The molecule has 1 atom stereocenters. The molecule has 5 heteroatoms. The first-order chi connectivity index (χ1) is 9.02. The predicted molar refractivity (Wildman–Crippen MR) is 80.2 cm³/mol. The van der Waals surface area contributed by atoms with Crippen LogP contribution in [0.15, 0.2) is 36.4 Å². The smallest absolute Gasteiger partial charge is 0.127 e. The summed E-state index contributed by atoms with van der Waals surface area (Å²) in [5.74, 6) is 0.318. The maximum atomic E-state index is 13.8. The van der Waals surface area contributed by atoms with E-state index in [0.29, 0.717) is 21.4 Å². The molecule has 0 radical (unpaired) electrons. The van der Waals surface area contributed by atoms with Crippen LogP contribution in [0.1, 0.15) is 16.0 Å². The molecule has 2 aromatic carbocycles. The summed E-state index contributed by atoms with van der Waals surface area (Å²) in [6.07, 6.45) is 0. The van der Waals surface area contributed by atoms with E-state index in [1.807, 2.05) is 0 Å². The Labute approximate surface area is 129 Å². The highest BCUT2D eigenvalue weighted by Crippen LogP contribution is 2.38. The lowest BCUT2D eigenvalue weighted by Crippen LogP contribution is -1.98. The number of alkyl halides is 1. The molecule has 19 heavy (non-hydrogen) atoms. The Balaban J connectivity index is 2.43. The molecule has 0 saturated carbocycles. The number of methoxy groups -OCH3 is 1. The molecule has 1 unspecified atom stereocenters. The zero-order valence-electron chi connectivity index (χ0n) is 9.96. The Morgan fingerprint density at radius 1 is 1.11 bits per heavy atom. The van der Waals surface area contributed by atoms with Crippen LogP contribution in [-0.4, -0.2) is 7.11 Å². The topological polar surface area (TPSA) is 9.23 Å². The maximum absolute atomic E-state index is 13.8. The standard InChI is InChI=1S/C14H10BrCl2FO/c1-19-9-3-4-10(12(17)7-9)14(15)11-6-8(16)2-5-13(11)18/h2-7,14H,1H3. The predicted octanol–water partition coefficient (Wildman–Crippen LogP) is 5.63. The molecule has 0 saturated heterocycles. The van der Waals surface area contributed by atoms with Gasteiger partial charge in [-0.15, -0.1) is 0 Å². The molecule has 0 bridgehead atoms. The summed E-state index contributed by atoms with van der Waals surface area (Å²) in [5, 5.41) is 0.978. The van der Waals surface area contributed by atoms with Crippen LogP contribution in [-0.2, 0) is 0 Å². The highest BCUT2D eigenvalue weighted by Gasteiger charge is 2.18. The van der Waals surface area contributed by atoms with E-state index in [4.69, 9.17) is 27.9 Å². The third-order valence-corrected chi connectivity index (χ3v) is 4.26. The van der Waals surface area contributed by atoms with E-state index in [0.717, 1.165) is 5.56 Å². The number of hydrogen-bond acceptors (Lipinski definition) is 1. The van der Waals surface area contributed by atoms with Crippen LogP contribution in [0.2, 0.25) is 10.0 Å². The zero-order valence-corrected chi connectivity index (χ0v) is 13.1. The first-order valence-corrected chi connectivity index (χ1v) is 7.12. The average molecular weight is 364 g/mol. The fraction of sp³-hybridized carbons (Fsp3) is 0.143. The molecule has 100 valence electrons. The van der Waals surface area contributed by atoms with Gasteiger partial charge in [-0.1, -0.05) is 45.2 Å². The molecule has 0 heterocycles. The van der Waals surface area contributed by atoms with Crippen LogP contribution in [0.3, 0.4) is 0 Å². The minimum Gasteiger partial charge on any atom is -0.497 e. The number of ether oxygens (including phenoxy) is 1. The van der Waals surface area contributed by atoms with Crippen molar-refractivity contribution in [3.63, 3.8) is 0 Å². The molecule has 0 aliphatic rings. The summed E-state index contributed by atoms with van der Waals surface area (Å²) in [7, 11) is 1.56. The fourth-order valence-corrected chi connectivity index (χ4v) is 3.06. The molecule has 0 amide bonds. The summed E-state index contributed by atoms with van der Waals surface area (Å²) in [6.45, 7) is 0. The first-order valence-electron chi connectivity index (χ1n) is 5.45. The van der Waals surface area contributed by atoms with Crippen molar-refractivity contribution in [3.8, 4) is 5.75 Å². The minimum absolute atomic E-state index is 0.335. The SMILES string of the molecule is COc1ccc(C(Br)c2cc(Cl)ccc2F)c(Cl)c1. The second kappa shape index (κ2) is 6.12. The molecule has 0 N–H and O–H groups in total. The van der Waals surface area contributed by atoms with Crippen LogP contribution >= 0.6 is 39.1 Å². The monoisotopic (exact) mass is 362 g/mol. The largest absolute Gasteiger partial charge is 0.497 e. The Bertz CT molecular complexity index is 604. The van der Waals surface area contributed by atoms with Gasteiger partial charge >= 0.3 is 0 Å². The van der Waals surface area contributed by atoms with Gasteiger partial charge in [0.1, 0.15) is 11.6 Å². The van der Waals surface area contributed by atoms with Crippen molar-refractivity contribution >= 4 is 39.1 Å². The van der Waals surface area contributed by atoms with E-state index in [9.17, 15) is 4.39 Å². The van der Waals surface area contributed by atoms with E-state index in [2.05, 4.69) is 15.9 Å². The van der Waals surface area contributed by atoms with Gasteiger partial charge in [-0.3, -0.25) is 0 Å². The Kier molecular flexibility index (Phi) is 4.71. The number of benzene rings is 2. The van der Waals surface area contributed by atoms with Gasteiger partial charge in [-0.2, -0.15) is 0 Å². The summed E-state index contributed by atoms with van der Waals surface area (Å²) >= 11 is 15.5. The van der Waals surface area contributed by atoms with Crippen LogP contribution in [0.5, 0.6) is 5.75 Å². The van der Waals surface area contributed by atoms with Crippen molar-refractivity contribution in [2.24, 2.45) is 0 Å². The van der Waals surface area contributed by atoms with Gasteiger partial charge in [0.2, 0.25) is 0 Å². The minimum atomic E-state index is -0.371.